The minimum absolute atomic E-state index is 0.0486. The van der Waals surface area contributed by atoms with Gasteiger partial charge in [-0.05, 0) is 18.9 Å². The quantitative estimate of drug-likeness (QED) is 0.485. The summed E-state index contributed by atoms with van der Waals surface area (Å²) in [5.74, 6) is -1.10. The fraction of sp³-hybridized carbons (Fsp3) is 0.250. The topological polar surface area (TPSA) is 92.5 Å². The second-order valence-electron chi connectivity index (χ2n) is 4.08. The van der Waals surface area contributed by atoms with Crippen LogP contribution in [0, 0.1) is 10.1 Å². The number of non-ortho nitro benzene ring substituents is 1. The van der Waals surface area contributed by atoms with Gasteiger partial charge in [-0.3, -0.25) is 10.1 Å². The fourth-order valence-corrected chi connectivity index (χ4v) is 1.91. The predicted molar refractivity (Wildman–Crippen MR) is 65.8 cm³/mol. The molecule has 6 nitrogen and oxygen atoms in total. The third kappa shape index (κ3) is 2.48. The van der Waals surface area contributed by atoms with E-state index in [1.165, 1.54) is 18.2 Å². The highest BCUT2D eigenvalue weighted by Crippen LogP contribution is 2.25. The Morgan fingerprint density at radius 2 is 2.06 bits per heavy atom. The molecule has 0 spiro atoms. The van der Waals surface area contributed by atoms with Gasteiger partial charge in [-0.15, -0.1) is 0 Å². The molecular weight excluding hydrogens is 236 g/mol. The second kappa shape index (κ2) is 4.87. The van der Waals surface area contributed by atoms with E-state index in [1.807, 2.05) is 12.2 Å². The number of carbonyl (C=O) groups is 1. The van der Waals surface area contributed by atoms with Crippen molar-refractivity contribution in [2.45, 2.75) is 18.9 Å². The summed E-state index contributed by atoms with van der Waals surface area (Å²) in [4.78, 5) is 21.2. The minimum atomic E-state index is -1.10. The average Bonchev–Trinajstić information content (AvgIpc) is 2.81. The van der Waals surface area contributed by atoms with Crippen molar-refractivity contribution in [3.05, 3.63) is 46.0 Å². The Labute approximate surface area is 103 Å². The van der Waals surface area contributed by atoms with Crippen LogP contribution in [0.3, 0.4) is 0 Å². The maximum absolute atomic E-state index is 11.1. The van der Waals surface area contributed by atoms with Crippen molar-refractivity contribution in [1.82, 2.24) is 0 Å². The summed E-state index contributed by atoms with van der Waals surface area (Å²) in [6.45, 7) is 0. The number of hydrogen-bond acceptors (Lipinski definition) is 4. The van der Waals surface area contributed by atoms with Crippen LogP contribution in [0.1, 0.15) is 23.2 Å². The first-order chi connectivity index (χ1) is 8.58. The first kappa shape index (κ1) is 12.1. The van der Waals surface area contributed by atoms with Gasteiger partial charge in [-0.1, -0.05) is 12.2 Å². The van der Waals surface area contributed by atoms with E-state index in [9.17, 15) is 14.9 Å². The maximum atomic E-state index is 11.1. The number of nitro groups is 1. The van der Waals surface area contributed by atoms with E-state index in [0.717, 1.165) is 12.8 Å². The Morgan fingerprint density at radius 3 is 2.61 bits per heavy atom. The Kier molecular flexibility index (Phi) is 3.27. The Hall–Kier alpha value is -2.37. The molecule has 2 rings (SSSR count). The van der Waals surface area contributed by atoms with Gasteiger partial charge in [0.05, 0.1) is 16.2 Å². The smallest absolute Gasteiger partial charge is 0.337 e. The van der Waals surface area contributed by atoms with Gasteiger partial charge in [0.1, 0.15) is 0 Å². The Bertz CT molecular complexity index is 517. The number of hydrogen-bond donors (Lipinski definition) is 2. The summed E-state index contributed by atoms with van der Waals surface area (Å²) in [6, 6.07) is 3.82. The van der Waals surface area contributed by atoms with Crippen molar-refractivity contribution in [2.75, 3.05) is 5.32 Å². The van der Waals surface area contributed by atoms with Gasteiger partial charge in [0.15, 0.2) is 0 Å². The summed E-state index contributed by atoms with van der Waals surface area (Å²) in [6.07, 6.45) is 5.58. The molecule has 0 heterocycles. The lowest BCUT2D eigenvalue weighted by Gasteiger charge is -2.15. The van der Waals surface area contributed by atoms with E-state index in [-0.39, 0.29) is 17.3 Å². The number of carboxylic acid groups (broad SMARTS) is 1. The molecule has 0 fully saturated rings. The van der Waals surface area contributed by atoms with E-state index in [2.05, 4.69) is 5.32 Å². The molecule has 1 aliphatic rings. The SMILES string of the molecule is O=C(O)c1ccc([N+](=O)[O-])cc1NC1CC=CC1. The van der Waals surface area contributed by atoms with E-state index in [4.69, 9.17) is 5.11 Å². The number of anilines is 1. The maximum Gasteiger partial charge on any atom is 0.337 e. The molecule has 1 aliphatic carbocycles. The lowest BCUT2D eigenvalue weighted by Crippen LogP contribution is -2.17. The third-order valence-corrected chi connectivity index (χ3v) is 2.81. The number of carboxylic acids is 1. The molecule has 1 aromatic carbocycles. The molecule has 0 aliphatic heterocycles. The monoisotopic (exact) mass is 248 g/mol. The van der Waals surface area contributed by atoms with Crippen LogP contribution in [0.25, 0.3) is 0 Å². The van der Waals surface area contributed by atoms with Gasteiger partial charge < -0.3 is 10.4 Å². The van der Waals surface area contributed by atoms with Gasteiger partial charge in [0.25, 0.3) is 5.69 Å². The van der Waals surface area contributed by atoms with Crippen molar-refractivity contribution in [3.63, 3.8) is 0 Å². The molecule has 0 atom stereocenters. The molecule has 2 N–H and O–H groups in total. The van der Waals surface area contributed by atoms with Crippen LogP contribution in [0.5, 0.6) is 0 Å². The van der Waals surface area contributed by atoms with E-state index in [1.54, 1.807) is 0 Å². The van der Waals surface area contributed by atoms with Crippen molar-refractivity contribution in [2.24, 2.45) is 0 Å². The molecule has 0 bridgehead atoms. The number of aromatic carboxylic acids is 1. The zero-order chi connectivity index (χ0) is 13.1. The van der Waals surface area contributed by atoms with Crippen molar-refractivity contribution < 1.29 is 14.8 Å². The molecule has 0 unspecified atom stereocenters. The van der Waals surface area contributed by atoms with Crippen molar-refractivity contribution >= 4 is 17.3 Å². The van der Waals surface area contributed by atoms with Gasteiger partial charge in [-0.25, -0.2) is 4.79 Å². The van der Waals surface area contributed by atoms with Gasteiger partial charge in [0, 0.05) is 18.2 Å². The van der Waals surface area contributed by atoms with Crippen LogP contribution in [-0.4, -0.2) is 22.0 Å². The number of nitrogens with zero attached hydrogens (tertiary/aromatic N) is 1. The minimum Gasteiger partial charge on any atom is -0.478 e. The number of nitro benzene ring substituents is 1. The largest absolute Gasteiger partial charge is 0.478 e. The Morgan fingerprint density at radius 1 is 1.39 bits per heavy atom. The Balaban J connectivity index is 2.30. The van der Waals surface area contributed by atoms with Crippen molar-refractivity contribution in [3.8, 4) is 0 Å². The highest BCUT2D eigenvalue weighted by atomic mass is 16.6. The first-order valence-corrected chi connectivity index (χ1v) is 5.51. The van der Waals surface area contributed by atoms with Crippen molar-refractivity contribution in [1.29, 1.82) is 0 Å². The standard InChI is InChI=1S/C12H12N2O4/c15-12(16)10-6-5-9(14(17)18)7-11(10)13-8-3-1-2-4-8/h1-2,5-8,13H,3-4H2,(H,15,16). The summed E-state index contributed by atoms with van der Waals surface area (Å²) < 4.78 is 0. The number of nitrogens with one attached hydrogen (secondary N) is 1. The molecule has 0 aromatic heterocycles. The molecule has 1 aromatic rings. The highest BCUT2D eigenvalue weighted by molar-refractivity contribution is 5.94. The number of benzene rings is 1. The van der Waals surface area contributed by atoms with E-state index in [0.29, 0.717) is 5.69 Å². The molecule has 94 valence electrons. The van der Waals surface area contributed by atoms with Crippen LogP contribution in [0.15, 0.2) is 30.4 Å². The zero-order valence-corrected chi connectivity index (χ0v) is 9.50. The average molecular weight is 248 g/mol. The van der Waals surface area contributed by atoms with Gasteiger partial charge in [0.2, 0.25) is 0 Å². The number of rotatable bonds is 4. The normalized spacial score (nSPS) is 14.7. The molecule has 0 radical (unpaired) electrons. The summed E-state index contributed by atoms with van der Waals surface area (Å²) >= 11 is 0. The van der Waals surface area contributed by atoms with Crippen LogP contribution >= 0.6 is 0 Å². The van der Waals surface area contributed by atoms with Crippen LogP contribution < -0.4 is 5.32 Å². The third-order valence-electron chi connectivity index (χ3n) is 2.81. The molecule has 6 heteroatoms. The summed E-state index contributed by atoms with van der Waals surface area (Å²) in [7, 11) is 0. The molecular formula is C12H12N2O4. The zero-order valence-electron chi connectivity index (χ0n) is 9.50. The molecule has 0 amide bonds. The first-order valence-electron chi connectivity index (χ1n) is 5.51. The lowest BCUT2D eigenvalue weighted by atomic mass is 10.1. The lowest BCUT2D eigenvalue weighted by molar-refractivity contribution is -0.384. The fourth-order valence-electron chi connectivity index (χ4n) is 1.91. The van der Waals surface area contributed by atoms with Crippen LogP contribution in [0.2, 0.25) is 0 Å². The van der Waals surface area contributed by atoms with Crippen LogP contribution in [-0.2, 0) is 0 Å². The predicted octanol–water partition coefficient (Wildman–Crippen LogP) is 2.42. The van der Waals surface area contributed by atoms with E-state index >= 15 is 0 Å². The summed E-state index contributed by atoms with van der Waals surface area (Å²) in [5.41, 5.74) is 0.228. The molecule has 18 heavy (non-hydrogen) atoms. The van der Waals surface area contributed by atoms with Crippen LogP contribution in [0.4, 0.5) is 11.4 Å². The highest BCUT2D eigenvalue weighted by Gasteiger charge is 2.18. The van der Waals surface area contributed by atoms with E-state index < -0.39 is 10.9 Å². The van der Waals surface area contributed by atoms with Gasteiger partial charge in [-0.2, -0.15) is 0 Å². The van der Waals surface area contributed by atoms with Gasteiger partial charge >= 0.3 is 5.97 Å². The second-order valence-corrected chi connectivity index (χ2v) is 4.08. The molecule has 0 saturated carbocycles. The summed E-state index contributed by atoms with van der Waals surface area (Å²) in [5, 5.41) is 22.8. The molecule has 0 saturated heterocycles.